The van der Waals surface area contributed by atoms with Crippen molar-refractivity contribution in [1.29, 1.82) is 0 Å². The third-order valence-electron chi connectivity index (χ3n) is 5.60. The van der Waals surface area contributed by atoms with Crippen molar-refractivity contribution in [1.82, 2.24) is 25.4 Å². The molecule has 0 bridgehead atoms. The number of likely N-dealkylation sites (N-methyl/N-ethyl adjacent to an activating group) is 2. The minimum Gasteiger partial charge on any atom is -0.349 e. The summed E-state index contributed by atoms with van der Waals surface area (Å²) < 4.78 is 55.9. The van der Waals surface area contributed by atoms with Crippen molar-refractivity contribution < 1.29 is 27.2 Å². The van der Waals surface area contributed by atoms with Gasteiger partial charge in [0.05, 0.1) is 12.2 Å². The maximum Gasteiger partial charge on any atom is 0.282 e. The molecule has 0 fully saturated rings. The number of nitrogens with one attached hydrogen (secondary N) is 2. The number of aromatic nitrogens is 1. The van der Waals surface area contributed by atoms with Gasteiger partial charge in [0, 0.05) is 45.8 Å². The number of hydrogen-bond acceptors (Lipinski definition) is 5. The highest BCUT2D eigenvalue weighted by Crippen LogP contribution is 2.42. The maximum absolute atomic E-state index is 14.6. The molecule has 0 aliphatic heterocycles. The Morgan fingerprint density at radius 2 is 1.70 bits per heavy atom. The molecule has 0 spiro atoms. The van der Waals surface area contributed by atoms with Gasteiger partial charge in [0.25, 0.3) is 11.8 Å². The molecule has 1 unspecified atom stereocenters. The fraction of sp³-hybridized carbons (Fsp3) is 0.682. The Bertz CT molecular complexity index is 797. The minimum absolute atomic E-state index is 0.0491. The highest BCUT2D eigenvalue weighted by Gasteiger charge is 2.64. The van der Waals surface area contributed by atoms with Crippen LogP contribution in [0.2, 0.25) is 0 Å². The molecule has 0 aromatic carbocycles. The van der Waals surface area contributed by atoms with Crippen LogP contribution in [0.1, 0.15) is 39.0 Å². The van der Waals surface area contributed by atoms with Gasteiger partial charge in [-0.2, -0.15) is 0 Å². The molecule has 0 saturated carbocycles. The molecular weight excluding hydrogens is 442 g/mol. The molecule has 0 radical (unpaired) electrons. The highest BCUT2D eigenvalue weighted by molar-refractivity contribution is 5.86. The quantitative estimate of drug-likeness (QED) is 0.427. The molecule has 188 valence electrons. The Labute approximate surface area is 192 Å². The SMILES string of the molecule is CCN(CCN(C)C)C(=O)CNCc1cc(CNC(=O)[C@](C)(F)C(C)(F)C(C)(F)F)ccn1. The predicted molar refractivity (Wildman–Crippen MR) is 118 cm³/mol. The van der Waals surface area contributed by atoms with Crippen LogP contribution < -0.4 is 10.6 Å². The van der Waals surface area contributed by atoms with Gasteiger partial charge in [-0.05, 0) is 52.6 Å². The number of carbonyl (C=O) groups excluding carboxylic acids is 2. The van der Waals surface area contributed by atoms with E-state index in [1.165, 1.54) is 6.20 Å². The monoisotopic (exact) mass is 477 g/mol. The summed E-state index contributed by atoms with van der Waals surface area (Å²) in [6, 6.07) is 3.16. The molecule has 0 aliphatic carbocycles. The summed E-state index contributed by atoms with van der Waals surface area (Å²) in [6.45, 7) is 5.14. The molecule has 11 heteroatoms. The first-order chi connectivity index (χ1) is 15.1. The fourth-order valence-corrected chi connectivity index (χ4v) is 2.90. The number of amides is 2. The first-order valence-electron chi connectivity index (χ1n) is 10.7. The van der Waals surface area contributed by atoms with Gasteiger partial charge in [-0.1, -0.05) is 0 Å². The second-order valence-electron chi connectivity index (χ2n) is 8.61. The van der Waals surface area contributed by atoms with Crippen molar-refractivity contribution >= 4 is 11.8 Å². The van der Waals surface area contributed by atoms with E-state index < -0.39 is 23.2 Å². The fourth-order valence-electron chi connectivity index (χ4n) is 2.90. The van der Waals surface area contributed by atoms with E-state index in [-0.39, 0.29) is 32.5 Å². The van der Waals surface area contributed by atoms with E-state index in [9.17, 15) is 27.2 Å². The second kappa shape index (κ2) is 11.7. The van der Waals surface area contributed by atoms with Gasteiger partial charge < -0.3 is 20.4 Å². The first kappa shape index (κ1) is 28.8. The van der Waals surface area contributed by atoms with Crippen molar-refractivity contribution in [3.8, 4) is 0 Å². The lowest BCUT2D eigenvalue weighted by molar-refractivity contribution is -0.187. The molecule has 33 heavy (non-hydrogen) atoms. The molecule has 1 aromatic rings. The largest absolute Gasteiger partial charge is 0.349 e. The Hall–Kier alpha value is -2.27. The molecule has 1 rings (SSSR count). The van der Waals surface area contributed by atoms with Gasteiger partial charge in [-0.15, -0.1) is 0 Å². The summed E-state index contributed by atoms with van der Waals surface area (Å²) in [6.07, 6.45) is 1.46. The van der Waals surface area contributed by atoms with Gasteiger partial charge in [0.1, 0.15) is 0 Å². The molecule has 1 aromatic heterocycles. The molecule has 1 heterocycles. The number of halogens is 4. The van der Waals surface area contributed by atoms with Crippen molar-refractivity contribution in [3.05, 3.63) is 29.6 Å². The lowest BCUT2D eigenvalue weighted by Gasteiger charge is -2.36. The molecule has 7 nitrogen and oxygen atoms in total. The summed E-state index contributed by atoms with van der Waals surface area (Å²) >= 11 is 0. The Morgan fingerprint density at radius 1 is 1.06 bits per heavy atom. The van der Waals surface area contributed by atoms with Crippen molar-refractivity contribution in [2.75, 3.05) is 40.3 Å². The lowest BCUT2D eigenvalue weighted by Crippen LogP contribution is -2.61. The third kappa shape index (κ3) is 7.92. The van der Waals surface area contributed by atoms with Gasteiger partial charge in [-0.25, -0.2) is 17.6 Å². The molecule has 2 amide bonds. The Kier molecular flexibility index (Phi) is 10.2. The summed E-state index contributed by atoms with van der Waals surface area (Å²) in [5.41, 5.74) is -6.06. The number of carbonyl (C=O) groups is 2. The lowest BCUT2D eigenvalue weighted by atomic mass is 9.83. The van der Waals surface area contributed by atoms with Crippen LogP contribution in [0.3, 0.4) is 0 Å². The summed E-state index contributed by atoms with van der Waals surface area (Å²) in [4.78, 5) is 32.3. The smallest absolute Gasteiger partial charge is 0.282 e. The summed E-state index contributed by atoms with van der Waals surface area (Å²) in [5, 5.41) is 5.17. The molecule has 0 saturated heterocycles. The third-order valence-corrected chi connectivity index (χ3v) is 5.60. The van der Waals surface area contributed by atoms with Crippen LogP contribution in [0.4, 0.5) is 17.6 Å². The van der Waals surface area contributed by atoms with E-state index in [4.69, 9.17) is 0 Å². The van der Waals surface area contributed by atoms with Gasteiger partial charge in [-0.3, -0.25) is 14.6 Å². The molecule has 0 aliphatic rings. The van der Waals surface area contributed by atoms with E-state index in [0.717, 1.165) is 6.54 Å². The van der Waals surface area contributed by atoms with E-state index in [2.05, 4.69) is 15.6 Å². The standard InChI is InChI=1S/C22H35F4N5O2/c1-7-31(11-10-30(5)6)18(32)15-27-14-17-12-16(8-9-28-17)13-29-19(33)20(2,23)21(3,24)22(4,25)26/h8-9,12,27H,7,10-11,13-15H2,1-6H3,(H,29,33)/t20-,21?/m0/s1. The van der Waals surface area contributed by atoms with Crippen LogP contribution in [0.5, 0.6) is 0 Å². The van der Waals surface area contributed by atoms with E-state index in [0.29, 0.717) is 38.2 Å². The van der Waals surface area contributed by atoms with Crippen LogP contribution in [-0.4, -0.2) is 84.1 Å². The molecule has 2 atom stereocenters. The number of alkyl halides is 4. The zero-order valence-corrected chi connectivity index (χ0v) is 20.1. The second-order valence-corrected chi connectivity index (χ2v) is 8.61. The average molecular weight is 478 g/mol. The number of nitrogens with zero attached hydrogens (tertiary/aromatic N) is 3. The van der Waals surface area contributed by atoms with E-state index in [1.54, 1.807) is 17.0 Å². The van der Waals surface area contributed by atoms with Crippen molar-refractivity contribution in [2.45, 2.75) is 58.0 Å². The summed E-state index contributed by atoms with van der Waals surface area (Å²) in [5.74, 6) is -5.58. The predicted octanol–water partition coefficient (Wildman–Crippen LogP) is 2.31. The normalized spacial score (nSPS) is 15.6. The maximum atomic E-state index is 14.6. The van der Waals surface area contributed by atoms with Crippen LogP contribution in [0.25, 0.3) is 0 Å². The van der Waals surface area contributed by atoms with Crippen LogP contribution in [0, 0.1) is 0 Å². The number of rotatable bonds is 13. The van der Waals surface area contributed by atoms with E-state index in [1.807, 2.05) is 25.9 Å². The Balaban J connectivity index is 2.64. The van der Waals surface area contributed by atoms with Crippen LogP contribution in [0.15, 0.2) is 18.3 Å². The average Bonchev–Trinajstić information content (AvgIpc) is 2.71. The molecular formula is C22H35F4N5O2. The van der Waals surface area contributed by atoms with E-state index >= 15 is 0 Å². The summed E-state index contributed by atoms with van der Waals surface area (Å²) in [7, 11) is 3.86. The van der Waals surface area contributed by atoms with Crippen molar-refractivity contribution in [2.24, 2.45) is 0 Å². The van der Waals surface area contributed by atoms with Crippen LogP contribution >= 0.6 is 0 Å². The number of hydrogen-bond donors (Lipinski definition) is 2. The van der Waals surface area contributed by atoms with Crippen molar-refractivity contribution in [3.63, 3.8) is 0 Å². The first-order valence-corrected chi connectivity index (χ1v) is 10.7. The van der Waals surface area contributed by atoms with Gasteiger partial charge in [0.2, 0.25) is 17.2 Å². The van der Waals surface area contributed by atoms with Gasteiger partial charge in [0.15, 0.2) is 0 Å². The molecule has 2 N–H and O–H groups in total. The zero-order chi connectivity index (χ0) is 25.4. The highest BCUT2D eigenvalue weighted by atomic mass is 19.3. The topological polar surface area (TPSA) is 77.6 Å². The Morgan fingerprint density at radius 3 is 2.24 bits per heavy atom. The minimum atomic E-state index is -4.05. The zero-order valence-electron chi connectivity index (χ0n) is 20.1. The van der Waals surface area contributed by atoms with Gasteiger partial charge >= 0.3 is 0 Å². The number of pyridine rings is 1. The van der Waals surface area contributed by atoms with Crippen LogP contribution in [-0.2, 0) is 22.7 Å².